The topological polar surface area (TPSA) is 72.9 Å². The van der Waals surface area contributed by atoms with Crippen LogP contribution >= 0.6 is 11.3 Å². The number of carbonyl (C=O) groups is 1. The zero-order valence-corrected chi connectivity index (χ0v) is 11.4. The molecule has 0 aliphatic rings. The van der Waals surface area contributed by atoms with Gasteiger partial charge in [0.15, 0.2) is 0 Å². The van der Waals surface area contributed by atoms with Crippen molar-refractivity contribution in [3.63, 3.8) is 0 Å². The highest BCUT2D eigenvalue weighted by Crippen LogP contribution is 2.34. The minimum Gasteiger partial charge on any atom is -0.397 e. The Morgan fingerprint density at radius 2 is 2.30 bits per heavy atom. The van der Waals surface area contributed by atoms with E-state index in [2.05, 4.69) is 10.4 Å². The summed E-state index contributed by atoms with van der Waals surface area (Å²) in [6.45, 7) is 0. The Labute approximate surface area is 117 Å². The minimum absolute atomic E-state index is 0.297. The number of anilines is 2. The lowest BCUT2D eigenvalue weighted by atomic mass is 10.2. The molecule has 0 saturated carbocycles. The van der Waals surface area contributed by atoms with Gasteiger partial charge in [0.05, 0.1) is 17.6 Å². The number of amides is 1. The van der Waals surface area contributed by atoms with Gasteiger partial charge in [-0.1, -0.05) is 0 Å². The van der Waals surface area contributed by atoms with Crippen LogP contribution in [0.25, 0.3) is 10.1 Å². The first-order valence-corrected chi connectivity index (χ1v) is 6.64. The predicted molar refractivity (Wildman–Crippen MR) is 77.4 cm³/mol. The molecular weight excluding hydrogens is 279 g/mol. The van der Waals surface area contributed by atoms with Crippen LogP contribution in [-0.2, 0) is 7.05 Å². The van der Waals surface area contributed by atoms with E-state index >= 15 is 0 Å². The van der Waals surface area contributed by atoms with Gasteiger partial charge < -0.3 is 11.1 Å². The highest BCUT2D eigenvalue weighted by Gasteiger charge is 2.17. The maximum atomic E-state index is 13.2. The molecule has 2 heterocycles. The summed E-state index contributed by atoms with van der Waals surface area (Å²) in [4.78, 5) is 12.6. The van der Waals surface area contributed by atoms with E-state index in [9.17, 15) is 9.18 Å². The molecule has 2 aromatic heterocycles. The average molecular weight is 290 g/mol. The molecule has 0 unspecified atom stereocenters. The van der Waals surface area contributed by atoms with Crippen LogP contribution in [0, 0.1) is 5.82 Å². The third-order valence-corrected chi connectivity index (χ3v) is 4.04. The molecule has 3 aromatic rings. The molecule has 0 aliphatic heterocycles. The standard InChI is InChI=1S/C13H11FN4OS/c1-18-6-8(5-16-18)17-13(19)12-11(15)9-4-7(14)2-3-10(9)20-12/h2-6H,15H2,1H3,(H,17,19). The van der Waals surface area contributed by atoms with Gasteiger partial charge in [-0.05, 0) is 18.2 Å². The first-order valence-electron chi connectivity index (χ1n) is 5.82. The van der Waals surface area contributed by atoms with Crippen molar-refractivity contribution in [3.8, 4) is 0 Å². The zero-order chi connectivity index (χ0) is 14.3. The summed E-state index contributed by atoms with van der Waals surface area (Å²) in [5.74, 6) is -0.696. The molecule has 0 bridgehead atoms. The number of halogens is 1. The second-order valence-electron chi connectivity index (χ2n) is 4.34. The first-order chi connectivity index (χ1) is 9.54. The Morgan fingerprint density at radius 1 is 1.50 bits per heavy atom. The lowest BCUT2D eigenvalue weighted by molar-refractivity contribution is 0.103. The fourth-order valence-electron chi connectivity index (χ4n) is 1.93. The number of hydrogen-bond donors (Lipinski definition) is 2. The number of rotatable bonds is 2. The minimum atomic E-state index is -0.374. The van der Waals surface area contributed by atoms with Crippen LogP contribution in [0.15, 0.2) is 30.6 Å². The number of aromatic nitrogens is 2. The van der Waals surface area contributed by atoms with E-state index in [0.29, 0.717) is 21.6 Å². The third kappa shape index (κ3) is 2.12. The summed E-state index contributed by atoms with van der Waals surface area (Å²) in [5, 5.41) is 7.24. The van der Waals surface area contributed by atoms with Gasteiger partial charge in [0.25, 0.3) is 5.91 Å². The Balaban J connectivity index is 1.97. The van der Waals surface area contributed by atoms with Gasteiger partial charge in [-0.15, -0.1) is 11.3 Å². The molecule has 0 atom stereocenters. The van der Waals surface area contributed by atoms with Crippen LogP contribution in [0.4, 0.5) is 15.8 Å². The summed E-state index contributed by atoms with van der Waals surface area (Å²) in [6, 6.07) is 4.30. The Morgan fingerprint density at radius 3 is 3.00 bits per heavy atom. The van der Waals surface area contributed by atoms with Crippen molar-refractivity contribution >= 4 is 38.7 Å². The predicted octanol–water partition coefficient (Wildman–Crippen LogP) is 2.61. The van der Waals surface area contributed by atoms with Crippen molar-refractivity contribution in [1.82, 2.24) is 9.78 Å². The molecule has 5 nitrogen and oxygen atoms in total. The van der Waals surface area contributed by atoms with Gasteiger partial charge in [0.2, 0.25) is 0 Å². The summed E-state index contributed by atoms with van der Waals surface area (Å²) in [6.07, 6.45) is 3.22. The van der Waals surface area contributed by atoms with Crippen LogP contribution in [0.1, 0.15) is 9.67 Å². The molecule has 1 amide bonds. The third-order valence-electron chi connectivity index (χ3n) is 2.86. The fourth-order valence-corrected chi connectivity index (χ4v) is 2.93. The molecule has 102 valence electrons. The van der Waals surface area contributed by atoms with Crippen LogP contribution in [0.5, 0.6) is 0 Å². The van der Waals surface area contributed by atoms with E-state index in [4.69, 9.17) is 5.73 Å². The molecule has 0 fully saturated rings. The molecule has 0 aliphatic carbocycles. The summed E-state index contributed by atoms with van der Waals surface area (Å²) < 4.78 is 15.6. The molecule has 0 saturated heterocycles. The highest BCUT2D eigenvalue weighted by molar-refractivity contribution is 7.21. The second kappa shape index (κ2) is 4.61. The first kappa shape index (κ1) is 12.6. The smallest absolute Gasteiger partial charge is 0.267 e. The average Bonchev–Trinajstić information content (AvgIpc) is 2.94. The number of fused-ring (bicyclic) bond motifs is 1. The van der Waals surface area contributed by atoms with E-state index in [1.54, 1.807) is 30.2 Å². The number of nitrogens with two attached hydrogens (primary N) is 1. The number of benzene rings is 1. The summed E-state index contributed by atoms with van der Waals surface area (Å²) >= 11 is 1.24. The van der Waals surface area contributed by atoms with Gasteiger partial charge in [-0.25, -0.2) is 4.39 Å². The van der Waals surface area contributed by atoms with E-state index in [1.165, 1.54) is 23.5 Å². The Kier molecular flexibility index (Phi) is 2.90. The molecule has 7 heteroatoms. The maximum absolute atomic E-state index is 13.2. The largest absolute Gasteiger partial charge is 0.397 e. The SMILES string of the molecule is Cn1cc(NC(=O)c2sc3ccc(F)cc3c2N)cn1. The van der Waals surface area contributed by atoms with Crippen molar-refractivity contribution in [2.75, 3.05) is 11.1 Å². The highest BCUT2D eigenvalue weighted by atomic mass is 32.1. The maximum Gasteiger partial charge on any atom is 0.267 e. The molecule has 3 N–H and O–H groups in total. The van der Waals surface area contributed by atoms with Gasteiger partial charge in [-0.3, -0.25) is 9.48 Å². The van der Waals surface area contributed by atoms with Crippen LogP contribution in [0.2, 0.25) is 0 Å². The number of nitrogens with zero attached hydrogens (tertiary/aromatic N) is 2. The quantitative estimate of drug-likeness (QED) is 0.762. The molecule has 0 spiro atoms. The monoisotopic (exact) mass is 290 g/mol. The molecule has 1 aromatic carbocycles. The van der Waals surface area contributed by atoms with E-state index in [-0.39, 0.29) is 11.7 Å². The van der Waals surface area contributed by atoms with Crippen molar-refractivity contribution in [3.05, 3.63) is 41.3 Å². The Hall–Kier alpha value is -2.41. The lowest BCUT2D eigenvalue weighted by Crippen LogP contribution is -2.11. The number of hydrogen-bond acceptors (Lipinski definition) is 4. The van der Waals surface area contributed by atoms with Gasteiger partial charge in [0, 0.05) is 23.3 Å². The van der Waals surface area contributed by atoms with Crippen LogP contribution in [0.3, 0.4) is 0 Å². The molecule has 0 radical (unpaired) electrons. The van der Waals surface area contributed by atoms with Gasteiger partial charge >= 0.3 is 0 Å². The number of thiophene rings is 1. The molecular formula is C13H11FN4OS. The number of nitrogens with one attached hydrogen (secondary N) is 1. The van der Waals surface area contributed by atoms with Crippen LogP contribution in [-0.4, -0.2) is 15.7 Å². The number of carbonyl (C=O) groups excluding carboxylic acids is 1. The molecule has 3 rings (SSSR count). The van der Waals surface area contributed by atoms with E-state index in [1.807, 2.05) is 0 Å². The fraction of sp³-hybridized carbons (Fsp3) is 0.0769. The summed E-state index contributed by atoms with van der Waals surface area (Å²) in [7, 11) is 1.76. The van der Waals surface area contributed by atoms with E-state index in [0.717, 1.165) is 4.70 Å². The van der Waals surface area contributed by atoms with Crippen LogP contribution < -0.4 is 11.1 Å². The van der Waals surface area contributed by atoms with Crippen molar-refractivity contribution in [1.29, 1.82) is 0 Å². The number of nitrogen functional groups attached to an aromatic ring is 1. The summed E-state index contributed by atoms with van der Waals surface area (Å²) in [5.41, 5.74) is 6.81. The van der Waals surface area contributed by atoms with Crippen molar-refractivity contribution in [2.24, 2.45) is 7.05 Å². The second-order valence-corrected chi connectivity index (χ2v) is 5.39. The zero-order valence-electron chi connectivity index (χ0n) is 10.6. The Bertz CT molecular complexity index is 808. The molecule has 20 heavy (non-hydrogen) atoms. The number of aryl methyl sites for hydroxylation is 1. The van der Waals surface area contributed by atoms with Crippen molar-refractivity contribution < 1.29 is 9.18 Å². The van der Waals surface area contributed by atoms with E-state index < -0.39 is 0 Å². The normalized spacial score (nSPS) is 10.9. The van der Waals surface area contributed by atoms with Gasteiger partial charge in [-0.2, -0.15) is 5.10 Å². The van der Waals surface area contributed by atoms with Gasteiger partial charge in [0.1, 0.15) is 10.7 Å². The lowest BCUT2D eigenvalue weighted by Gasteiger charge is -2.00. The van der Waals surface area contributed by atoms with Crippen molar-refractivity contribution in [2.45, 2.75) is 0 Å².